The Labute approximate surface area is 113 Å². The minimum atomic E-state index is -3.83. The highest BCUT2D eigenvalue weighted by atomic mass is 35.5. The maximum absolute atomic E-state index is 12.9. The highest BCUT2D eigenvalue weighted by molar-refractivity contribution is 7.87. The zero-order valence-corrected chi connectivity index (χ0v) is 11.9. The molecule has 18 heavy (non-hydrogen) atoms. The summed E-state index contributed by atoms with van der Waals surface area (Å²) in [6.07, 6.45) is 2.48. The fourth-order valence-corrected chi connectivity index (χ4v) is 3.29. The number of nitrogens with two attached hydrogens (primary N) is 1. The van der Waals surface area contributed by atoms with Crippen LogP contribution in [0.5, 0.6) is 0 Å². The van der Waals surface area contributed by atoms with Gasteiger partial charge < -0.3 is 5.73 Å². The van der Waals surface area contributed by atoms with Gasteiger partial charge in [0.2, 0.25) is 0 Å². The maximum Gasteiger partial charge on any atom is 0.279 e. The Morgan fingerprint density at radius 1 is 1.44 bits per heavy atom. The molecule has 1 aliphatic heterocycles. The van der Waals surface area contributed by atoms with Crippen molar-refractivity contribution in [3.63, 3.8) is 0 Å². The molecular formula is C9H20ClF2N3O2S. The van der Waals surface area contributed by atoms with Gasteiger partial charge >= 0.3 is 0 Å². The van der Waals surface area contributed by atoms with Crippen molar-refractivity contribution in [1.29, 1.82) is 0 Å². The van der Waals surface area contributed by atoms with E-state index in [0.29, 0.717) is 6.54 Å². The van der Waals surface area contributed by atoms with Gasteiger partial charge in [0.1, 0.15) is 0 Å². The van der Waals surface area contributed by atoms with Crippen molar-refractivity contribution in [2.24, 2.45) is 5.73 Å². The highest BCUT2D eigenvalue weighted by Crippen LogP contribution is 2.19. The van der Waals surface area contributed by atoms with Crippen molar-refractivity contribution in [3.8, 4) is 0 Å². The van der Waals surface area contributed by atoms with Gasteiger partial charge in [-0.05, 0) is 19.8 Å². The molecule has 110 valence electrons. The van der Waals surface area contributed by atoms with E-state index in [1.54, 1.807) is 6.92 Å². The number of nitrogens with zero attached hydrogens (tertiary/aromatic N) is 1. The summed E-state index contributed by atoms with van der Waals surface area (Å²) in [5, 5.41) is 0. The molecule has 0 aromatic heterocycles. The van der Waals surface area contributed by atoms with E-state index in [9.17, 15) is 17.2 Å². The van der Waals surface area contributed by atoms with Gasteiger partial charge in [-0.2, -0.15) is 17.4 Å². The lowest BCUT2D eigenvalue weighted by Gasteiger charge is -2.32. The number of alkyl halides is 2. The Balaban J connectivity index is 0.00000289. The highest BCUT2D eigenvalue weighted by Gasteiger charge is 2.33. The van der Waals surface area contributed by atoms with Crippen LogP contribution in [0.1, 0.15) is 26.2 Å². The van der Waals surface area contributed by atoms with Crippen molar-refractivity contribution < 1.29 is 17.2 Å². The van der Waals surface area contributed by atoms with E-state index in [4.69, 9.17) is 5.73 Å². The zero-order valence-electron chi connectivity index (χ0n) is 10.2. The third-order valence-electron chi connectivity index (χ3n) is 2.86. The quantitative estimate of drug-likeness (QED) is 0.785. The van der Waals surface area contributed by atoms with Crippen LogP contribution in [0.15, 0.2) is 0 Å². The average molecular weight is 308 g/mol. The van der Waals surface area contributed by atoms with Gasteiger partial charge in [-0.15, -0.1) is 12.4 Å². The maximum atomic E-state index is 12.9. The van der Waals surface area contributed by atoms with Crippen LogP contribution >= 0.6 is 12.4 Å². The number of nitrogens with one attached hydrogen (secondary N) is 1. The second-order valence-corrected chi connectivity index (χ2v) is 6.05. The summed E-state index contributed by atoms with van der Waals surface area (Å²) in [6, 6.07) is -0.146. The Hall–Kier alpha value is -0.0200. The summed E-state index contributed by atoms with van der Waals surface area (Å²) >= 11 is 0. The second-order valence-electron chi connectivity index (χ2n) is 4.34. The van der Waals surface area contributed by atoms with Gasteiger partial charge in [0.05, 0.1) is 13.1 Å². The molecule has 5 nitrogen and oxygen atoms in total. The van der Waals surface area contributed by atoms with Crippen molar-refractivity contribution >= 4 is 22.6 Å². The van der Waals surface area contributed by atoms with Gasteiger partial charge in [-0.1, -0.05) is 6.42 Å². The van der Waals surface area contributed by atoms with Crippen LogP contribution in [0.3, 0.4) is 0 Å². The van der Waals surface area contributed by atoms with Crippen LogP contribution in [0.2, 0.25) is 0 Å². The van der Waals surface area contributed by atoms with E-state index < -0.39 is 29.2 Å². The summed E-state index contributed by atoms with van der Waals surface area (Å²) < 4.78 is 52.5. The van der Waals surface area contributed by atoms with Crippen LogP contribution in [-0.4, -0.2) is 44.3 Å². The predicted molar refractivity (Wildman–Crippen MR) is 68.2 cm³/mol. The minimum Gasteiger partial charge on any atom is -0.325 e. The lowest BCUT2D eigenvalue weighted by Crippen LogP contribution is -2.51. The monoisotopic (exact) mass is 307 g/mol. The Morgan fingerprint density at radius 3 is 2.56 bits per heavy atom. The van der Waals surface area contributed by atoms with Crippen molar-refractivity contribution in [2.45, 2.75) is 38.2 Å². The molecular weight excluding hydrogens is 288 g/mol. The van der Waals surface area contributed by atoms with E-state index in [1.165, 1.54) is 4.31 Å². The summed E-state index contributed by atoms with van der Waals surface area (Å²) in [6.45, 7) is 0.338. The predicted octanol–water partition coefficient (Wildman–Crippen LogP) is 0.711. The minimum absolute atomic E-state index is 0. The fraction of sp³-hybridized carbons (Fsp3) is 1.00. The first-order valence-electron chi connectivity index (χ1n) is 5.63. The van der Waals surface area contributed by atoms with E-state index >= 15 is 0 Å². The fourth-order valence-electron chi connectivity index (χ4n) is 1.78. The Bertz CT molecular complexity index is 354. The molecule has 1 saturated heterocycles. The largest absolute Gasteiger partial charge is 0.325 e. The van der Waals surface area contributed by atoms with Crippen molar-refractivity contribution in [2.75, 3.05) is 19.6 Å². The molecule has 1 aliphatic rings. The van der Waals surface area contributed by atoms with Crippen LogP contribution in [0, 0.1) is 0 Å². The molecule has 1 heterocycles. The molecule has 9 heteroatoms. The van der Waals surface area contributed by atoms with E-state index in [-0.39, 0.29) is 18.4 Å². The molecule has 1 unspecified atom stereocenters. The number of rotatable bonds is 5. The first kappa shape index (κ1) is 18.0. The first-order valence-corrected chi connectivity index (χ1v) is 7.07. The number of piperidine rings is 1. The molecule has 0 saturated carbocycles. The third kappa shape index (κ3) is 4.93. The van der Waals surface area contributed by atoms with Crippen molar-refractivity contribution in [1.82, 2.24) is 9.03 Å². The molecule has 0 aromatic rings. The summed E-state index contributed by atoms with van der Waals surface area (Å²) in [7, 11) is -3.83. The first-order chi connectivity index (χ1) is 7.78. The molecule has 0 bridgehead atoms. The summed E-state index contributed by atoms with van der Waals surface area (Å²) in [5.41, 5.74) is 4.84. The molecule has 0 spiro atoms. The zero-order chi connectivity index (χ0) is 13.1. The number of hydrogen-bond donors (Lipinski definition) is 2. The normalized spacial score (nSPS) is 22.6. The lowest BCUT2D eigenvalue weighted by atomic mass is 10.1. The molecule has 1 fully saturated rings. The summed E-state index contributed by atoms with van der Waals surface area (Å²) in [5.74, 6) is -3.20. The molecule has 0 aromatic carbocycles. The smallest absolute Gasteiger partial charge is 0.279 e. The van der Waals surface area contributed by atoms with Crippen LogP contribution < -0.4 is 10.5 Å². The lowest BCUT2D eigenvalue weighted by molar-refractivity contribution is 0.0165. The molecule has 3 N–H and O–H groups in total. The second kappa shape index (κ2) is 6.95. The SMILES string of the molecule is CC1CCCCN1S(=O)(=O)NCC(F)(F)CN.Cl. The van der Waals surface area contributed by atoms with E-state index in [0.717, 1.165) is 19.3 Å². The van der Waals surface area contributed by atoms with Gasteiger partial charge in [-0.3, -0.25) is 0 Å². The van der Waals surface area contributed by atoms with Crippen LogP contribution in [-0.2, 0) is 10.2 Å². The van der Waals surface area contributed by atoms with E-state index in [2.05, 4.69) is 0 Å². The Kier molecular flexibility index (Phi) is 6.94. The molecule has 0 amide bonds. The van der Waals surface area contributed by atoms with E-state index in [1.807, 2.05) is 4.72 Å². The van der Waals surface area contributed by atoms with Crippen LogP contribution in [0.25, 0.3) is 0 Å². The molecule has 0 radical (unpaired) electrons. The van der Waals surface area contributed by atoms with Gasteiger partial charge in [0, 0.05) is 12.6 Å². The van der Waals surface area contributed by atoms with Gasteiger partial charge in [0.15, 0.2) is 0 Å². The molecule has 1 rings (SSSR count). The summed E-state index contributed by atoms with van der Waals surface area (Å²) in [4.78, 5) is 0. The number of halogens is 3. The molecule has 0 aliphatic carbocycles. The number of hydrogen-bond acceptors (Lipinski definition) is 3. The average Bonchev–Trinajstić information content (AvgIpc) is 2.27. The topological polar surface area (TPSA) is 75.4 Å². The van der Waals surface area contributed by atoms with Crippen molar-refractivity contribution in [3.05, 3.63) is 0 Å². The Morgan fingerprint density at radius 2 is 2.06 bits per heavy atom. The van der Waals surface area contributed by atoms with Crippen LogP contribution in [0.4, 0.5) is 8.78 Å². The standard InChI is InChI=1S/C9H19F2N3O2S.ClH/c1-8-4-2-3-5-14(8)17(15,16)13-7-9(10,11)6-12;/h8,13H,2-7,12H2,1H3;1H. The van der Waals surface area contributed by atoms with Gasteiger partial charge in [0.25, 0.3) is 16.1 Å². The van der Waals surface area contributed by atoms with Gasteiger partial charge in [-0.25, -0.2) is 8.78 Å². The molecule has 1 atom stereocenters. The third-order valence-corrected chi connectivity index (χ3v) is 4.53.